The zero-order valence-electron chi connectivity index (χ0n) is 18.4. The highest BCUT2D eigenvalue weighted by atomic mass is 19.1. The standard InChI is InChI=1S/C23H32FN3O5/c1-2-12-32-21(29)25-16-5-7-17(8-6-16)26-11-3-4-15(14-26)23-10-9-18(27(23)22(30)31)13-19(28)20(23)24/h5-8,15,18-20,28H,2-4,9-14H2,1H3,(H,25,29)(H,30,31). The summed E-state index contributed by atoms with van der Waals surface area (Å²) in [5.41, 5.74) is 0.385. The number of hydrogen-bond donors (Lipinski definition) is 3. The highest BCUT2D eigenvalue weighted by molar-refractivity contribution is 5.84. The maximum Gasteiger partial charge on any atom is 0.411 e. The van der Waals surface area contributed by atoms with Gasteiger partial charge >= 0.3 is 12.2 Å². The van der Waals surface area contributed by atoms with Gasteiger partial charge in [-0.05, 0) is 62.8 Å². The first-order chi connectivity index (χ1) is 15.4. The zero-order chi connectivity index (χ0) is 22.9. The molecule has 3 fully saturated rings. The average molecular weight is 450 g/mol. The number of aliphatic hydroxyl groups is 1. The molecular weight excluding hydrogens is 417 g/mol. The molecule has 2 bridgehead atoms. The first kappa shape index (κ1) is 22.6. The molecule has 0 aliphatic carbocycles. The number of nitrogens with one attached hydrogen (secondary N) is 1. The lowest BCUT2D eigenvalue weighted by Crippen LogP contribution is -2.68. The predicted octanol–water partition coefficient (Wildman–Crippen LogP) is 3.85. The molecule has 1 aromatic carbocycles. The van der Waals surface area contributed by atoms with Crippen LogP contribution in [0.2, 0.25) is 0 Å². The SMILES string of the molecule is CCCOC(=O)Nc1ccc(N2CCCC(C34CCC(CC(O)C3F)N4C(=O)O)C2)cc1. The first-order valence-corrected chi connectivity index (χ1v) is 11.5. The number of carbonyl (C=O) groups is 2. The molecule has 3 N–H and O–H groups in total. The Hall–Kier alpha value is -2.55. The molecule has 3 aliphatic heterocycles. The van der Waals surface area contributed by atoms with E-state index in [1.165, 1.54) is 4.90 Å². The fraction of sp³-hybridized carbons (Fsp3) is 0.652. The van der Waals surface area contributed by atoms with E-state index in [9.17, 15) is 19.8 Å². The number of amides is 2. The van der Waals surface area contributed by atoms with Gasteiger partial charge in [-0.2, -0.15) is 0 Å². The van der Waals surface area contributed by atoms with Gasteiger partial charge in [-0.3, -0.25) is 10.2 Å². The Bertz CT molecular complexity index is 837. The number of alkyl halides is 1. The van der Waals surface area contributed by atoms with Gasteiger partial charge in [0.2, 0.25) is 0 Å². The van der Waals surface area contributed by atoms with Crippen LogP contribution in [0.3, 0.4) is 0 Å². The molecule has 5 unspecified atom stereocenters. The molecule has 0 spiro atoms. The van der Waals surface area contributed by atoms with Crippen molar-refractivity contribution in [3.8, 4) is 0 Å². The number of halogens is 1. The topological polar surface area (TPSA) is 102 Å². The fourth-order valence-corrected chi connectivity index (χ4v) is 5.90. The maximum atomic E-state index is 15.5. The second-order valence-electron chi connectivity index (χ2n) is 9.13. The van der Waals surface area contributed by atoms with Crippen LogP contribution in [0, 0.1) is 5.92 Å². The van der Waals surface area contributed by atoms with Gasteiger partial charge in [-0.25, -0.2) is 14.0 Å². The smallest absolute Gasteiger partial charge is 0.411 e. The second-order valence-corrected chi connectivity index (χ2v) is 9.13. The molecule has 3 aliphatic rings. The number of ether oxygens (including phenoxy) is 1. The summed E-state index contributed by atoms with van der Waals surface area (Å²) in [6.45, 7) is 3.59. The van der Waals surface area contributed by atoms with Crippen molar-refractivity contribution in [2.24, 2.45) is 5.92 Å². The van der Waals surface area contributed by atoms with Gasteiger partial charge in [0.25, 0.3) is 0 Å². The normalized spacial score (nSPS) is 32.0. The van der Waals surface area contributed by atoms with E-state index in [1.54, 1.807) is 12.1 Å². The zero-order valence-corrected chi connectivity index (χ0v) is 18.4. The van der Waals surface area contributed by atoms with E-state index in [1.807, 2.05) is 19.1 Å². The summed E-state index contributed by atoms with van der Waals surface area (Å²) >= 11 is 0. The van der Waals surface area contributed by atoms with Crippen LogP contribution in [-0.4, -0.2) is 70.9 Å². The third-order valence-electron chi connectivity index (χ3n) is 7.27. The van der Waals surface area contributed by atoms with E-state index >= 15 is 4.39 Å². The summed E-state index contributed by atoms with van der Waals surface area (Å²) in [6.07, 6.45) is -0.787. The Morgan fingerprint density at radius 1 is 1.28 bits per heavy atom. The lowest BCUT2D eigenvalue weighted by Gasteiger charge is -2.53. The van der Waals surface area contributed by atoms with Crippen molar-refractivity contribution in [3.63, 3.8) is 0 Å². The molecule has 0 aromatic heterocycles. The Morgan fingerprint density at radius 2 is 2.03 bits per heavy atom. The lowest BCUT2D eigenvalue weighted by atomic mass is 9.71. The molecular formula is C23H32FN3O5. The third kappa shape index (κ3) is 3.98. The molecule has 3 heterocycles. The van der Waals surface area contributed by atoms with E-state index in [-0.39, 0.29) is 18.4 Å². The average Bonchev–Trinajstić information content (AvgIpc) is 3.12. The van der Waals surface area contributed by atoms with Crippen LogP contribution in [0.1, 0.15) is 45.4 Å². The molecule has 9 heteroatoms. The number of anilines is 2. The number of hydrogen-bond acceptors (Lipinski definition) is 5. The monoisotopic (exact) mass is 449 g/mol. The van der Waals surface area contributed by atoms with Gasteiger partial charge in [-0.1, -0.05) is 6.92 Å². The highest BCUT2D eigenvalue weighted by Crippen LogP contribution is 2.52. The molecule has 2 amide bonds. The molecule has 8 nitrogen and oxygen atoms in total. The Labute approximate surface area is 187 Å². The van der Waals surface area contributed by atoms with E-state index in [2.05, 4.69) is 10.2 Å². The predicted molar refractivity (Wildman–Crippen MR) is 118 cm³/mol. The maximum absolute atomic E-state index is 15.5. The fourth-order valence-electron chi connectivity index (χ4n) is 5.90. The molecule has 176 valence electrons. The number of benzene rings is 1. The number of piperidine rings is 2. The van der Waals surface area contributed by atoms with Crippen molar-refractivity contribution in [3.05, 3.63) is 24.3 Å². The number of aliphatic hydroxyl groups excluding tert-OH is 1. The van der Waals surface area contributed by atoms with E-state index < -0.39 is 30.0 Å². The minimum atomic E-state index is -1.58. The first-order valence-electron chi connectivity index (χ1n) is 11.5. The molecule has 3 saturated heterocycles. The summed E-state index contributed by atoms with van der Waals surface area (Å²) in [5.74, 6) is -0.205. The van der Waals surface area contributed by atoms with Crippen LogP contribution in [0.25, 0.3) is 0 Å². The molecule has 1 aromatic rings. The van der Waals surface area contributed by atoms with Crippen LogP contribution in [-0.2, 0) is 4.74 Å². The Balaban J connectivity index is 1.49. The molecule has 32 heavy (non-hydrogen) atoms. The van der Waals surface area contributed by atoms with E-state index in [0.29, 0.717) is 31.7 Å². The van der Waals surface area contributed by atoms with Crippen molar-refractivity contribution in [1.29, 1.82) is 0 Å². The number of rotatable bonds is 5. The van der Waals surface area contributed by atoms with Gasteiger partial charge in [0.05, 0.1) is 18.2 Å². The minimum Gasteiger partial charge on any atom is -0.465 e. The van der Waals surface area contributed by atoms with Gasteiger partial charge in [0.1, 0.15) is 6.17 Å². The molecule has 4 rings (SSSR count). The summed E-state index contributed by atoms with van der Waals surface area (Å²) in [7, 11) is 0. The largest absolute Gasteiger partial charge is 0.465 e. The van der Waals surface area contributed by atoms with E-state index in [4.69, 9.17) is 4.74 Å². The van der Waals surface area contributed by atoms with Gasteiger partial charge in [0, 0.05) is 36.4 Å². The number of carbonyl (C=O) groups excluding carboxylic acids is 1. The third-order valence-corrected chi connectivity index (χ3v) is 7.27. The summed E-state index contributed by atoms with van der Waals surface area (Å²) in [6, 6.07) is 7.06. The van der Waals surface area contributed by atoms with Crippen molar-refractivity contribution in [2.45, 2.75) is 69.3 Å². The molecule has 0 radical (unpaired) electrons. The second kappa shape index (κ2) is 9.13. The minimum absolute atomic E-state index is 0.167. The molecule has 0 saturated carbocycles. The number of nitrogens with zero attached hydrogens (tertiary/aromatic N) is 2. The van der Waals surface area contributed by atoms with Crippen molar-refractivity contribution in [2.75, 3.05) is 29.9 Å². The van der Waals surface area contributed by atoms with Crippen molar-refractivity contribution < 1.29 is 28.9 Å². The summed E-state index contributed by atoms with van der Waals surface area (Å²) in [4.78, 5) is 27.3. The highest BCUT2D eigenvalue weighted by Gasteiger charge is 2.63. The summed E-state index contributed by atoms with van der Waals surface area (Å²) < 4.78 is 20.5. The van der Waals surface area contributed by atoms with Crippen molar-refractivity contribution >= 4 is 23.6 Å². The van der Waals surface area contributed by atoms with Crippen LogP contribution in [0.5, 0.6) is 0 Å². The quantitative estimate of drug-likeness (QED) is 0.631. The van der Waals surface area contributed by atoms with E-state index in [0.717, 1.165) is 31.5 Å². The van der Waals surface area contributed by atoms with Crippen LogP contribution >= 0.6 is 0 Å². The van der Waals surface area contributed by atoms with Crippen LogP contribution in [0.15, 0.2) is 24.3 Å². The van der Waals surface area contributed by atoms with Crippen molar-refractivity contribution in [1.82, 2.24) is 4.90 Å². The number of fused-ring (bicyclic) bond motifs is 2. The van der Waals surface area contributed by atoms with Crippen LogP contribution < -0.4 is 10.2 Å². The van der Waals surface area contributed by atoms with Crippen LogP contribution in [0.4, 0.5) is 25.4 Å². The summed E-state index contributed by atoms with van der Waals surface area (Å²) in [5, 5.41) is 22.9. The Kier molecular flexibility index (Phi) is 6.46. The van der Waals surface area contributed by atoms with Gasteiger partial charge in [0.15, 0.2) is 0 Å². The molecule has 5 atom stereocenters. The lowest BCUT2D eigenvalue weighted by molar-refractivity contribution is -0.102. The number of carboxylic acid groups (broad SMARTS) is 1. The van der Waals surface area contributed by atoms with Gasteiger partial charge < -0.3 is 19.8 Å². The van der Waals surface area contributed by atoms with Gasteiger partial charge in [-0.15, -0.1) is 0 Å². The Morgan fingerprint density at radius 3 is 2.72 bits per heavy atom.